The summed E-state index contributed by atoms with van der Waals surface area (Å²) >= 11 is 1.50. The van der Waals surface area contributed by atoms with Crippen molar-refractivity contribution in [2.24, 2.45) is 0 Å². The molecule has 0 spiro atoms. The Bertz CT molecular complexity index is 1570. The van der Waals surface area contributed by atoms with Crippen LogP contribution >= 0.6 is 11.8 Å². The average Bonchev–Trinajstić information content (AvgIpc) is 3.48. The third kappa shape index (κ3) is 5.92. The Hall–Kier alpha value is -3.64. The smallest absolute Gasteiger partial charge is 0.226 e. The molecule has 3 heterocycles. The molecule has 8 heteroatoms. The molecule has 1 aliphatic rings. The second kappa shape index (κ2) is 11.5. The molecule has 7 nitrogen and oxygen atoms in total. The molecule has 2 aromatic heterocycles. The Kier molecular flexibility index (Phi) is 7.99. The first-order valence-corrected chi connectivity index (χ1v) is 14.2. The average molecular weight is 556 g/mol. The molecule has 40 heavy (non-hydrogen) atoms. The van der Waals surface area contributed by atoms with E-state index in [-0.39, 0.29) is 6.10 Å². The van der Waals surface area contributed by atoms with Crippen molar-refractivity contribution in [3.63, 3.8) is 0 Å². The fraction of sp³-hybridized carbons (Fsp3) is 0.344. The van der Waals surface area contributed by atoms with Gasteiger partial charge in [-0.05, 0) is 76.4 Å². The molecule has 1 aliphatic heterocycles. The molecule has 4 aromatic rings. The van der Waals surface area contributed by atoms with E-state index in [2.05, 4.69) is 6.07 Å². The van der Waals surface area contributed by atoms with E-state index in [9.17, 15) is 5.26 Å². The lowest BCUT2D eigenvalue weighted by Gasteiger charge is -2.17. The molecule has 1 fully saturated rings. The summed E-state index contributed by atoms with van der Waals surface area (Å²) < 4.78 is 23.4. The highest BCUT2D eigenvalue weighted by Gasteiger charge is 2.33. The van der Waals surface area contributed by atoms with Crippen molar-refractivity contribution < 1.29 is 18.6 Å². The Morgan fingerprint density at radius 1 is 1.05 bits per heavy atom. The first-order chi connectivity index (χ1) is 19.1. The van der Waals surface area contributed by atoms with Crippen molar-refractivity contribution in [1.29, 1.82) is 5.26 Å². The molecule has 0 radical (unpaired) electrons. The van der Waals surface area contributed by atoms with E-state index in [1.807, 2.05) is 90.1 Å². The van der Waals surface area contributed by atoms with Crippen LogP contribution in [-0.2, 0) is 15.2 Å². The number of hydrogen-bond acceptors (Lipinski definition) is 8. The summed E-state index contributed by atoms with van der Waals surface area (Å²) in [5.74, 6) is 2.08. The minimum Gasteiger partial charge on any atom is -0.491 e. The van der Waals surface area contributed by atoms with Crippen molar-refractivity contribution in [3.05, 3.63) is 82.4 Å². The zero-order valence-electron chi connectivity index (χ0n) is 23.7. The number of pyridine rings is 1. The molecule has 0 amide bonds. The van der Waals surface area contributed by atoms with Crippen LogP contribution in [0.4, 0.5) is 0 Å². The summed E-state index contributed by atoms with van der Waals surface area (Å²) in [5.41, 5.74) is 7.17. The highest BCUT2D eigenvalue weighted by molar-refractivity contribution is 7.98. The van der Waals surface area contributed by atoms with E-state index in [1.54, 1.807) is 0 Å². The van der Waals surface area contributed by atoms with E-state index < -0.39 is 5.79 Å². The van der Waals surface area contributed by atoms with Gasteiger partial charge in [0, 0.05) is 22.6 Å². The second-order valence-corrected chi connectivity index (χ2v) is 11.4. The minimum atomic E-state index is -0.576. The Balaban J connectivity index is 1.35. The van der Waals surface area contributed by atoms with Crippen LogP contribution in [-0.4, -0.2) is 35.1 Å². The molecule has 1 atom stereocenters. The van der Waals surface area contributed by atoms with E-state index in [4.69, 9.17) is 28.6 Å². The monoisotopic (exact) mass is 555 g/mol. The van der Waals surface area contributed by atoms with Gasteiger partial charge in [-0.25, -0.2) is 9.97 Å². The van der Waals surface area contributed by atoms with Crippen LogP contribution in [0.1, 0.15) is 47.7 Å². The summed E-state index contributed by atoms with van der Waals surface area (Å²) in [6, 6.07) is 18.3. The highest BCUT2D eigenvalue weighted by atomic mass is 32.2. The van der Waals surface area contributed by atoms with Gasteiger partial charge in [0.25, 0.3) is 0 Å². The van der Waals surface area contributed by atoms with Crippen LogP contribution in [0.15, 0.2) is 58.0 Å². The summed E-state index contributed by atoms with van der Waals surface area (Å²) in [5, 5.41) is 10.9. The van der Waals surface area contributed by atoms with Gasteiger partial charge >= 0.3 is 0 Å². The van der Waals surface area contributed by atoms with Gasteiger partial charge in [-0.3, -0.25) is 0 Å². The number of nitriles is 1. The number of aryl methyl sites for hydroxylation is 3. The molecule has 0 N–H and O–H groups in total. The number of benzene rings is 2. The number of hydrogen-bond donors (Lipinski definition) is 0. The summed E-state index contributed by atoms with van der Waals surface area (Å²) in [4.78, 5) is 9.55. The van der Waals surface area contributed by atoms with E-state index in [0.717, 1.165) is 50.7 Å². The fourth-order valence-corrected chi connectivity index (χ4v) is 5.75. The van der Waals surface area contributed by atoms with Crippen molar-refractivity contribution in [1.82, 2.24) is 9.97 Å². The Morgan fingerprint density at radius 3 is 2.48 bits per heavy atom. The maximum atomic E-state index is 10.2. The van der Waals surface area contributed by atoms with Gasteiger partial charge in [-0.2, -0.15) is 5.26 Å². The van der Waals surface area contributed by atoms with Gasteiger partial charge in [-0.1, -0.05) is 42.1 Å². The lowest BCUT2D eigenvalue weighted by atomic mass is 9.96. The van der Waals surface area contributed by atoms with Crippen molar-refractivity contribution in [2.45, 2.75) is 64.2 Å². The van der Waals surface area contributed by atoms with Crippen LogP contribution in [0.2, 0.25) is 0 Å². The Labute approximate surface area is 239 Å². The van der Waals surface area contributed by atoms with Crippen LogP contribution in [0, 0.1) is 39.0 Å². The molecule has 1 saturated heterocycles. The molecule has 5 rings (SSSR count). The van der Waals surface area contributed by atoms with Crippen LogP contribution in [0.3, 0.4) is 0 Å². The SMILES string of the molecule is Cc1ccccc1-c1nc(CSc2nc(C)c(C)c(-c3ccc(OC[C@@H]4COC(C)(C)O4)cc3)c2C#N)c(C)o1. The largest absolute Gasteiger partial charge is 0.491 e. The van der Waals surface area contributed by atoms with Crippen LogP contribution < -0.4 is 4.74 Å². The quantitative estimate of drug-likeness (QED) is 0.209. The predicted octanol–water partition coefficient (Wildman–Crippen LogP) is 7.33. The number of rotatable bonds is 8. The maximum Gasteiger partial charge on any atom is 0.226 e. The van der Waals surface area contributed by atoms with Crippen molar-refractivity contribution >= 4 is 11.8 Å². The normalized spacial score (nSPS) is 16.2. The zero-order chi connectivity index (χ0) is 28.4. The van der Waals surface area contributed by atoms with Crippen molar-refractivity contribution in [3.8, 4) is 34.4 Å². The molecule has 2 aromatic carbocycles. The van der Waals surface area contributed by atoms with Gasteiger partial charge in [0.15, 0.2) is 5.79 Å². The molecule has 0 aliphatic carbocycles. The predicted molar refractivity (Wildman–Crippen MR) is 155 cm³/mol. The standard InChI is InChI=1S/C32H33N3O4S/c1-19-9-7-8-10-26(19)30-35-28(22(4)38-30)18-40-31-27(15-33)29(20(2)21(3)34-31)23-11-13-24(14-12-23)36-16-25-17-37-32(5,6)39-25/h7-14,25H,16-18H2,1-6H3/t25-/m1/s1. The lowest BCUT2D eigenvalue weighted by Crippen LogP contribution is -2.25. The van der Waals surface area contributed by atoms with E-state index in [0.29, 0.717) is 35.4 Å². The third-order valence-electron chi connectivity index (χ3n) is 7.02. The van der Waals surface area contributed by atoms with Gasteiger partial charge in [0.2, 0.25) is 5.89 Å². The van der Waals surface area contributed by atoms with Gasteiger partial charge in [-0.15, -0.1) is 0 Å². The van der Waals surface area contributed by atoms with Gasteiger partial charge in [0.05, 0.1) is 17.9 Å². The van der Waals surface area contributed by atoms with Crippen molar-refractivity contribution in [2.75, 3.05) is 13.2 Å². The van der Waals surface area contributed by atoms with Gasteiger partial charge < -0.3 is 18.6 Å². The zero-order valence-corrected chi connectivity index (χ0v) is 24.5. The molecular weight excluding hydrogens is 522 g/mol. The maximum absolute atomic E-state index is 10.2. The number of aromatic nitrogens is 2. The van der Waals surface area contributed by atoms with E-state index in [1.165, 1.54) is 11.8 Å². The second-order valence-electron chi connectivity index (χ2n) is 10.4. The first-order valence-electron chi connectivity index (χ1n) is 13.3. The molecule has 206 valence electrons. The van der Waals surface area contributed by atoms with E-state index >= 15 is 0 Å². The minimum absolute atomic E-state index is 0.106. The van der Waals surface area contributed by atoms with Crippen LogP contribution in [0.25, 0.3) is 22.6 Å². The van der Waals surface area contributed by atoms with Crippen LogP contribution in [0.5, 0.6) is 5.75 Å². The topological polar surface area (TPSA) is 90.4 Å². The number of nitrogens with zero attached hydrogens (tertiary/aromatic N) is 3. The van der Waals surface area contributed by atoms with Gasteiger partial charge in [0.1, 0.15) is 35.3 Å². The molecule has 0 saturated carbocycles. The third-order valence-corrected chi connectivity index (χ3v) is 8.01. The summed E-state index contributed by atoms with van der Waals surface area (Å²) in [6.45, 7) is 12.7. The fourth-order valence-electron chi connectivity index (χ4n) is 4.72. The molecular formula is C32H33N3O4S. The Morgan fingerprint density at radius 2 is 1.80 bits per heavy atom. The first kappa shape index (κ1) is 27.9. The highest BCUT2D eigenvalue weighted by Crippen LogP contribution is 2.37. The number of oxazole rings is 1. The molecule has 0 unspecified atom stereocenters. The number of thioether (sulfide) groups is 1. The molecule has 0 bridgehead atoms. The summed E-state index contributed by atoms with van der Waals surface area (Å²) in [7, 11) is 0. The summed E-state index contributed by atoms with van der Waals surface area (Å²) in [6.07, 6.45) is -0.106. The lowest BCUT2D eigenvalue weighted by molar-refractivity contribution is -0.141. The number of ether oxygens (including phenoxy) is 3.